The Kier molecular flexibility index (Phi) is 2.42. The van der Waals surface area contributed by atoms with E-state index in [0.29, 0.717) is 0 Å². The maximum absolute atomic E-state index is 12.6. The molecule has 0 unspecified atom stereocenters. The van der Waals surface area contributed by atoms with Crippen molar-refractivity contribution in [2.75, 3.05) is 5.73 Å². The molecule has 16 heavy (non-hydrogen) atoms. The fourth-order valence-electron chi connectivity index (χ4n) is 1.49. The van der Waals surface area contributed by atoms with Gasteiger partial charge in [-0.3, -0.25) is 4.98 Å². The third-order valence-electron chi connectivity index (χ3n) is 2.12. The summed E-state index contributed by atoms with van der Waals surface area (Å²) in [4.78, 5) is 3.32. The van der Waals surface area contributed by atoms with Crippen molar-refractivity contribution in [3.8, 4) is 0 Å². The fourth-order valence-corrected chi connectivity index (χ4v) is 1.78. The second-order valence-corrected chi connectivity index (χ2v) is 3.66. The van der Waals surface area contributed by atoms with E-state index >= 15 is 0 Å². The van der Waals surface area contributed by atoms with Crippen molar-refractivity contribution in [3.63, 3.8) is 0 Å². The molecular formula is C10H6ClF3N2. The summed E-state index contributed by atoms with van der Waals surface area (Å²) in [5, 5.41) is 0.390. The average Bonchev–Trinajstić information content (AvgIpc) is 2.15. The summed E-state index contributed by atoms with van der Waals surface area (Å²) >= 11 is 5.81. The third-order valence-corrected chi connectivity index (χ3v) is 2.43. The van der Waals surface area contributed by atoms with Crippen LogP contribution in [0.4, 0.5) is 18.9 Å². The Morgan fingerprint density at radius 1 is 1.19 bits per heavy atom. The van der Waals surface area contributed by atoms with Gasteiger partial charge < -0.3 is 5.73 Å². The Bertz CT molecular complexity index is 551. The first-order chi connectivity index (χ1) is 7.39. The number of alkyl halides is 3. The predicted octanol–water partition coefficient (Wildman–Crippen LogP) is 3.49. The zero-order valence-corrected chi connectivity index (χ0v) is 8.60. The molecule has 6 heteroatoms. The quantitative estimate of drug-likeness (QED) is 0.723. The Morgan fingerprint density at radius 3 is 2.50 bits per heavy atom. The van der Waals surface area contributed by atoms with Gasteiger partial charge in [-0.1, -0.05) is 11.6 Å². The second-order valence-electron chi connectivity index (χ2n) is 3.26. The van der Waals surface area contributed by atoms with Gasteiger partial charge in [0.05, 0.1) is 5.02 Å². The van der Waals surface area contributed by atoms with E-state index in [1.165, 1.54) is 18.2 Å². The van der Waals surface area contributed by atoms with E-state index < -0.39 is 11.9 Å². The smallest absolute Gasteiger partial charge is 0.399 e. The molecule has 0 radical (unpaired) electrons. The lowest BCUT2D eigenvalue weighted by Crippen LogP contribution is -2.08. The largest absolute Gasteiger partial charge is 0.433 e. The van der Waals surface area contributed by atoms with E-state index in [1.807, 2.05) is 0 Å². The monoisotopic (exact) mass is 246 g/mol. The Morgan fingerprint density at radius 2 is 1.88 bits per heavy atom. The minimum Gasteiger partial charge on any atom is -0.399 e. The van der Waals surface area contributed by atoms with Crippen LogP contribution in [-0.4, -0.2) is 4.98 Å². The normalized spacial score (nSPS) is 12.0. The zero-order valence-electron chi connectivity index (χ0n) is 7.85. The number of pyridine rings is 1. The first-order valence-electron chi connectivity index (χ1n) is 4.30. The maximum atomic E-state index is 12.6. The molecule has 0 bridgehead atoms. The summed E-state index contributed by atoms with van der Waals surface area (Å²) < 4.78 is 37.9. The molecule has 0 saturated carbocycles. The average molecular weight is 247 g/mol. The number of anilines is 1. The van der Waals surface area contributed by atoms with Crippen molar-refractivity contribution in [2.45, 2.75) is 6.18 Å². The first kappa shape index (κ1) is 11.0. The highest BCUT2D eigenvalue weighted by molar-refractivity contribution is 6.36. The molecule has 2 N–H and O–H groups in total. The van der Waals surface area contributed by atoms with Gasteiger partial charge in [-0.05, 0) is 18.2 Å². The fraction of sp³-hybridized carbons (Fsp3) is 0.100. The summed E-state index contributed by atoms with van der Waals surface area (Å²) in [7, 11) is 0. The molecule has 1 heterocycles. The molecule has 2 nitrogen and oxygen atoms in total. The molecule has 0 aliphatic heterocycles. The molecule has 1 aromatic carbocycles. The SMILES string of the molecule is Nc1cc(Cl)c2ccnc(C(F)(F)F)c2c1. The van der Waals surface area contributed by atoms with Gasteiger partial charge in [0.15, 0.2) is 5.69 Å². The molecule has 2 aromatic rings. The van der Waals surface area contributed by atoms with E-state index in [9.17, 15) is 13.2 Å². The number of halogens is 4. The van der Waals surface area contributed by atoms with Gasteiger partial charge in [-0.15, -0.1) is 0 Å². The summed E-state index contributed by atoms with van der Waals surface area (Å²) in [6, 6.07) is 4.05. The standard InChI is InChI=1S/C10H6ClF3N2/c11-8-4-5(15)3-7-6(8)1-2-16-9(7)10(12,13)14/h1-4H,15H2. The van der Waals surface area contributed by atoms with Gasteiger partial charge in [0, 0.05) is 22.7 Å². The maximum Gasteiger partial charge on any atom is 0.433 e. The van der Waals surface area contributed by atoms with E-state index in [-0.39, 0.29) is 21.5 Å². The predicted molar refractivity (Wildman–Crippen MR) is 56.2 cm³/mol. The van der Waals surface area contributed by atoms with E-state index in [1.54, 1.807) is 0 Å². The number of nitrogens with zero attached hydrogens (tertiary/aromatic N) is 1. The van der Waals surface area contributed by atoms with Crippen LogP contribution in [0.2, 0.25) is 5.02 Å². The van der Waals surface area contributed by atoms with Gasteiger partial charge >= 0.3 is 6.18 Å². The Hall–Kier alpha value is -1.49. The summed E-state index contributed by atoms with van der Waals surface area (Å²) in [5.41, 5.74) is 4.66. The van der Waals surface area contributed by atoms with Crippen LogP contribution in [0.25, 0.3) is 10.8 Å². The molecule has 0 spiro atoms. The number of hydrogen-bond acceptors (Lipinski definition) is 2. The van der Waals surface area contributed by atoms with Crippen molar-refractivity contribution in [2.24, 2.45) is 0 Å². The van der Waals surface area contributed by atoms with Crippen LogP contribution in [0.1, 0.15) is 5.69 Å². The summed E-state index contributed by atoms with van der Waals surface area (Å²) in [6.07, 6.45) is -3.44. The number of aromatic nitrogens is 1. The van der Waals surface area contributed by atoms with Gasteiger partial charge in [0.2, 0.25) is 0 Å². The van der Waals surface area contributed by atoms with E-state index in [2.05, 4.69) is 4.98 Å². The molecule has 0 atom stereocenters. The first-order valence-corrected chi connectivity index (χ1v) is 4.68. The Balaban J connectivity index is 2.87. The number of fused-ring (bicyclic) bond motifs is 1. The minimum absolute atomic E-state index is 0.0833. The van der Waals surface area contributed by atoms with Crippen molar-refractivity contribution in [3.05, 3.63) is 35.1 Å². The molecule has 1 aromatic heterocycles. The van der Waals surface area contributed by atoms with Crippen molar-refractivity contribution in [1.29, 1.82) is 0 Å². The van der Waals surface area contributed by atoms with Gasteiger partial charge in [-0.2, -0.15) is 13.2 Å². The van der Waals surface area contributed by atoms with Crippen LogP contribution < -0.4 is 5.73 Å². The lowest BCUT2D eigenvalue weighted by molar-refractivity contribution is -0.139. The topological polar surface area (TPSA) is 38.9 Å². The van der Waals surface area contributed by atoms with Crippen LogP contribution in [0.3, 0.4) is 0 Å². The van der Waals surface area contributed by atoms with Crippen LogP contribution in [0.15, 0.2) is 24.4 Å². The number of nitrogen functional groups attached to an aromatic ring is 1. The molecule has 84 valence electrons. The lowest BCUT2D eigenvalue weighted by Gasteiger charge is -2.10. The molecule has 2 rings (SSSR count). The summed E-state index contributed by atoms with van der Waals surface area (Å²) in [5.74, 6) is 0. The molecule has 0 saturated heterocycles. The van der Waals surface area contributed by atoms with E-state index in [0.717, 1.165) is 6.20 Å². The second kappa shape index (κ2) is 3.52. The third kappa shape index (κ3) is 1.78. The molecular weight excluding hydrogens is 241 g/mol. The van der Waals surface area contributed by atoms with Crippen LogP contribution in [0.5, 0.6) is 0 Å². The van der Waals surface area contributed by atoms with Crippen LogP contribution in [0, 0.1) is 0 Å². The number of nitrogens with two attached hydrogens (primary N) is 1. The van der Waals surface area contributed by atoms with Crippen molar-refractivity contribution in [1.82, 2.24) is 4.98 Å². The Labute approximate surface area is 93.8 Å². The highest BCUT2D eigenvalue weighted by atomic mass is 35.5. The van der Waals surface area contributed by atoms with Crippen molar-refractivity contribution >= 4 is 28.1 Å². The number of rotatable bonds is 0. The molecule has 0 fully saturated rings. The summed E-state index contributed by atoms with van der Waals surface area (Å²) in [6.45, 7) is 0. The lowest BCUT2D eigenvalue weighted by atomic mass is 10.1. The van der Waals surface area contributed by atoms with Gasteiger partial charge in [-0.25, -0.2) is 0 Å². The van der Waals surface area contributed by atoms with Crippen LogP contribution in [-0.2, 0) is 6.18 Å². The van der Waals surface area contributed by atoms with E-state index in [4.69, 9.17) is 17.3 Å². The van der Waals surface area contributed by atoms with Gasteiger partial charge in [0.1, 0.15) is 0 Å². The molecule has 0 aliphatic rings. The molecule has 0 amide bonds. The zero-order chi connectivity index (χ0) is 11.9. The minimum atomic E-state index is -4.52. The number of hydrogen-bond donors (Lipinski definition) is 1. The number of benzene rings is 1. The van der Waals surface area contributed by atoms with Crippen molar-refractivity contribution < 1.29 is 13.2 Å². The highest BCUT2D eigenvalue weighted by Crippen LogP contribution is 2.36. The van der Waals surface area contributed by atoms with Crippen LogP contribution >= 0.6 is 11.6 Å². The highest BCUT2D eigenvalue weighted by Gasteiger charge is 2.34. The molecule has 0 aliphatic carbocycles. The van der Waals surface area contributed by atoms with Gasteiger partial charge in [0.25, 0.3) is 0 Å².